The van der Waals surface area contributed by atoms with Crippen LogP contribution >= 0.6 is 0 Å². The Balaban J connectivity index is 0.00000338. The maximum Gasteiger partial charge on any atom is 0.194 e. The third-order valence-electron chi connectivity index (χ3n) is 3.43. The quantitative estimate of drug-likeness (QED) is 0.762. The minimum absolute atomic E-state index is 0. The number of methoxy groups -OCH3 is 1. The van der Waals surface area contributed by atoms with Gasteiger partial charge in [0.1, 0.15) is 0 Å². The third kappa shape index (κ3) is 4.92. The van der Waals surface area contributed by atoms with Crippen molar-refractivity contribution in [3.05, 3.63) is 64.7 Å². The van der Waals surface area contributed by atoms with E-state index in [9.17, 15) is 23.8 Å². The highest BCUT2D eigenvalue weighted by Crippen LogP contribution is 2.30. The molecule has 0 saturated carbocycles. The monoisotopic (exact) mass is 362 g/mol. The van der Waals surface area contributed by atoms with Gasteiger partial charge in [-0.25, -0.2) is 8.78 Å². The van der Waals surface area contributed by atoms with Gasteiger partial charge < -0.3 is 14.9 Å². The number of carbonyl (C=O) groups excluding carboxylic acids is 1. The Kier molecular flexibility index (Phi) is 7.07. The topological polar surface area (TPSA) is 66.8 Å². The van der Waals surface area contributed by atoms with E-state index in [4.69, 9.17) is 4.74 Å². The van der Waals surface area contributed by atoms with Gasteiger partial charge in [0.2, 0.25) is 0 Å². The van der Waals surface area contributed by atoms with Crippen LogP contribution in [0.5, 0.6) is 17.2 Å². The molecule has 0 unspecified atom stereocenters. The van der Waals surface area contributed by atoms with Crippen LogP contribution in [0.1, 0.15) is 24.1 Å². The molecule has 0 atom stereocenters. The normalized spacial score (nSPS) is 10.9. The van der Waals surface area contributed by atoms with Crippen molar-refractivity contribution in [1.82, 2.24) is 0 Å². The van der Waals surface area contributed by atoms with Gasteiger partial charge in [-0.1, -0.05) is 19.6 Å². The molecule has 2 aromatic carbocycles. The maximum absolute atomic E-state index is 13.5. The van der Waals surface area contributed by atoms with Crippen LogP contribution in [0.15, 0.2) is 36.4 Å². The molecule has 0 spiro atoms. The number of hydrogen-bond donors (Lipinski definition) is 2. The van der Waals surface area contributed by atoms with Crippen LogP contribution in [0.3, 0.4) is 0 Å². The molecule has 0 heterocycles. The minimum Gasteiger partial charge on any atom is -0.505 e. The summed E-state index contributed by atoms with van der Waals surface area (Å²) in [6.07, 6.45) is 5.18. The van der Waals surface area contributed by atoms with Gasteiger partial charge in [-0.05, 0) is 60.0 Å². The molecule has 26 heavy (non-hydrogen) atoms. The average molecular weight is 362 g/mol. The van der Waals surface area contributed by atoms with Gasteiger partial charge >= 0.3 is 0 Å². The van der Waals surface area contributed by atoms with Crippen molar-refractivity contribution in [2.45, 2.75) is 14.4 Å². The minimum atomic E-state index is -0.864. The van der Waals surface area contributed by atoms with E-state index in [1.165, 1.54) is 43.5 Å². The zero-order valence-electron chi connectivity index (χ0n) is 13.6. The van der Waals surface area contributed by atoms with E-state index in [-0.39, 0.29) is 13.2 Å². The molecule has 0 aliphatic carbocycles. The zero-order chi connectivity index (χ0) is 18.6. The smallest absolute Gasteiger partial charge is 0.194 e. The highest BCUT2D eigenvalue weighted by Gasteiger charge is 2.09. The molecule has 0 aromatic heterocycles. The number of ketones is 1. The number of allylic oxidation sites excluding steroid dienone is 2. The molecule has 0 amide bonds. The van der Waals surface area contributed by atoms with E-state index in [0.717, 1.165) is 12.1 Å². The van der Waals surface area contributed by atoms with Gasteiger partial charge in [0, 0.05) is 0 Å². The van der Waals surface area contributed by atoms with Gasteiger partial charge in [0.15, 0.2) is 34.7 Å². The van der Waals surface area contributed by atoms with Crippen LogP contribution in [0, 0.1) is 18.6 Å². The molecule has 0 fully saturated rings. The fraction of sp³-hybridized carbons (Fsp3) is 0.150. The third-order valence-corrected chi connectivity index (χ3v) is 3.43. The molecule has 2 aromatic rings. The number of carbonyl (C=O) groups is 1. The SMILES string of the molecule is C.COc1cc(/C=C/C(=O)/C=C/c2cc(C)c(O)c(F)c2)cc(F)c1O. The Bertz CT molecular complexity index is 847. The van der Waals surface area contributed by atoms with E-state index in [1.54, 1.807) is 6.92 Å². The van der Waals surface area contributed by atoms with Gasteiger partial charge in [-0.15, -0.1) is 0 Å². The number of rotatable bonds is 5. The van der Waals surface area contributed by atoms with E-state index in [1.807, 2.05) is 0 Å². The fourth-order valence-electron chi connectivity index (χ4n) is 2.12. The summed E-state index contributed by atoms with van der Waals surface area (Å²) in [6.45, 7) is 1.55. The molecule has 0 bridgehead atoms. The molecule has 0 radical (unpaired) electrons. The maximum atomic E-state index is 13.5. The lowest BCUT2D eigenvalue weighted by molar-refractivity contribution is -0.110. The highest BCUT2D eigenvalue weighted by atomic mass is 19.1. The molecule has 6 heteroatoms. The summed E-state index contributed by atoms with van der Waals surface area (Å²) < 4.78 is 31.8. The predicted octanol–water partition coefficient (Wildman–Crippen LogP) is 4.62. The van der Waals surface area contributed by atoms with Crippen LogP contribution in [0.25, 0.3) is 12.2 Å². The van der Waals surface area contributed by atoms with Gasteiger partial charge in [-0.2, -0.15) is 0 Å². The Labute approximate surface area is 150 Å². The summed E-state index contributed by atoms with van der Waals surface area (Å²) >= 11 is 0. The Morgan fingerprint density at radius 1 is 0.962 bits per heavy atom. The van der Waals surface area contributed by atoms with Crippen molar-refractivity contribution < 1.29 is 28.5 Å². The lowest BCUT2D eigenvalue weighted by Crippen LogP contribution is -1.90. The molecular formula is C20H20F2O4. The highest BCUT2D eigenvalue weighted by molar-refractivity contribution is 6.04. The predicted molar refractivity (Wildman–Crippen MR) is 97.2 cm³/mol. The van der Waals surface area contributed by atoms with Gasteiger partial charge in [0.25, 0.3) is 0 Å². The van der Waals surface area contributed by atoms with E-state index >= 15 is 0 Å². The largest absolute Gasteiger partial charge is 0.505 e. The molecule has 2 rings (SSSR count). The van der Waals surface area contributed by atoms with Crippen LogP contribution in [-0.4, -0.2) is 23.1 Å². The zero-order valence-corrected chi connectivity index (χ0v) is 13.6. The first-order valence-corrected chi connectivity index (χ1v) is 7.27. The standard InChI is InChI=1S/C19H16F2O4.CH4/c1-11-7-12(8-15(20)18(11)23)3-5-14(22)6-4-13-9-16(21)19(24)17(10-13)25-2;/h3-10,23-24H,1-2H3;1H4/b5-3+,6-4+;. The molecule has 0 aliphatic rings. The van der Waals surface area contributed by atoms with Crippen molar-refractivity contribution >= 4 is 17.9 Å². The Hall–Kier alpha value is -3.15. The first-order chi connectivity index (χ1) is 11.8. The summed E-state index contributed by atoms with van der Waals surface area (Å²) in [7, 11) is 1.29. The van der Waals surface area contributed by atoms with Crippen molar-refractivity contribution in [1.29, 1.82) is 0 Å². The number of phenolic OH excluding ortho intramolecular Hbond substituents is 2. The number of benzene rings is 2. The van der Waals surface area contributed by atoms with E-state index in [0.29, 0.717) is 16.7 Å². The van der Waals surface area contributed by atoms with Crippen molar-refractivity contribution in [3.63, 3.8) is 0 Å². The van der Waals surface area contributed by atoms with E-state index in [2.05, 4.69) is 0 Å². The first-order valence-electron chi connectivity index (χ1n) is 7.27. The fourth-order valence-corrected chi connectivity index (χ4v) is 2.12. The number of ether oxygens (including phenoxy) is 1. The second-order valence-corrected chi connectivity index (χ2v) is 5.29. The number of halogens is 2. The lowest BCUT2D eigenvalue weighted by Gasteiger charge is -2.05. The second kappa shape index (κ2) is 8.80. The summed E-state index contributed by atoms with van der Waals surface area (Å²) in [4.78, 5) is 11.8. The molecule has 4 nitrogen and oxygen atoms in total. The van der Waals surface area contributed by atoms with Crippen molar-refractivity contribution in [3.8, 4) is 17.2 Å². The van der Waals surface area contributed by atoms with Crippen LogP contribution in [-0.2, 0) is 4.79 Å². The molecule has 138 valence electrons. The summed E-state index contributed by atoms with van der Waals surface area (Å²) in [5.74, 6) is -3.11. The second-order valence-electron chi connectivity index (χ2n) is 5.29. The van der Waals surface area contributed by atoms with Gasteiger partial charge in [0.05, 0.1) is 7.11 Å². The number of phenols is 2. The van der Waals surface area contributed by atoms with E-state index < -0.39 is 28.9 Å². The molecule has 0 saturated heterocycles. The number of aromatic hydroxyl groups is 2. The van der Waals surface area contributed by atoms with Crippen molar-refractivity contribution in [2.75, 3.05) is 7.11 Å². The summed E-state index contributed by atoms with van der Waals surface area (Å²) in [5.41, 5.74) is 1.11. The van der Waals surface area contributed by atoms with Crippen LogP contribution in [0.2, 0.25) is 0 Å². The Morgan fingerprint density at radius 3 is 1.96 bits per heavy atom. The summed E-state index contributed by atoms with van der Waals surface area (Å²) in [5, 5.41) is 18.8. The molecule has 2 N–H and O–H groups in total. The molecule has 0 aliphatic heterocycles. The van der Waals surface area contributed by atoms with Crippen LogP contribution in [0.4, 0.5) is 8.78 Å². The number of aryl methyl sites for hydroxylation is 1. The van der Waals surface area contributed by atoms with Crippen LogP contribution < -0.4 is 4.74 Å². The number of hydrogen-bond acceptors (Lipinski definition) is 4. The van der Waals surface area contributed by atoms with Gasteiger partial charge in [-0.3, -0.25) is 4.79 Å². The lowest BCUT2D eigenvalue weighted by atomic mass is 10.1. The Morgan fingerprint density at radius 2 is 1.46 bits per heavy atom. The average Bonchev–Trinajstić information content (AvgIpc) is 2.58. The van der Waals surface area contributed by atoms with Crippen molar-refractivity contribution in [2.24, 2.45) is 0 Å². The first kappa shape index (κ1) is 20.9. The summed E-state index contributed by atoms with van der Waals surface area (Å²) in [6, 6.07) is 5.08. The molecular weight excluding hydrogens is 342 g/mol.